The summed E-state index contributed by atoms with van der Waals surface area (Å²) in [6.07, 6.45) is 6.58. The number of hydrogen-bond acceptors (Lipinski definition) is 4. The zero-order chi connectivity index (χ0) is 14.2. The highest BCUT2D eigenvalue weighted by Crippen LogP contribution is 2.09. The van der Waals surface area contributed by atoms with Crippen molar-refractivity contribution in [3.05, 3.63) is 66.8 Å². The van der Waals surface area contributed by atoms with Gasteiger partial charge in [0.05, 0.1) is 23.5 Å². The molecule has 0 aliphatic rings. The van der Waals surface area contributed by atoms with Gasteiger partial charge in [0.2, 0.25) is 0 Å². The Bertz CT molecular complexity index is 583. The van der Waals surface area contributed by atoms with Crippen LogP contribution in [-0.2, 0) is 6.54 Å². The summed E-state index contributed by atoms with van der Waals surface area (Å²) in [5.41, 5.74) is 2.22. The Morgan fingerprint density at radius 2 is 2.25 bits per heavy atom. The lowest BCUT2D eigenvalue weighted by atomic mass is 10.2. The molecule has 5 heteroatoms. The first-order valence-corrected chi connectivity index (χ1v) is 6.27. The SMILES string of the molecule is C=CCNC(=O)c1cncc(NCc2ccccn2)c1. The van der Waals surface area contributed by atoms with Gasteiger partial charge in [-0.2, -0.15) is 0 Å². The molecule has 0 atom stereocenters. The molecule has 0 saturated heterocycles. The molecule has 2 N–H and O–H groups in total. The van der Waals surface area contributed by atoms with E-state index in [-0.39, 0.29) is 5.91 Å². The van der Waals surface area contributed by atoms with Crippen molar-refractivity contribution in [1.29, 1.82) is 0 Å². The van der Waals surface area contributed by atoms with Crippen LogP contribution in [0.25, 0.3) is 0 Å². The average Bonchev–Trinajstić information content (AvgIpc) is 2.52. The number of carbonyl (C=O) groups is 1. The van der Waals surface area contributed by atoms with Crippen LogP contribution < -0.4 is 10.6 Å². The second-order valence-electron chi connectivity index (χ2n) is 4.14. The molecular formula is C15H16N4O. The summed E-state index contributed by atoms with van der Waals surface area (Å²) in [6, 6.07) is 7.49. The van der Waals surface area contributed by atoms with Crippen LogP contribution in [0, 0.1) is 0 Å². The van der Waals surface area contributed by atoms with Gasteiger partial charge in [0.1, 0.15) is 0 Å². The maximum Gasteiger partial charge on any atom is 0.253 e. The molecule has 0 unspecified atom stereocenters. The first kappa shape index (κ1) is 13.7. The van der Waals surface area contributed by atoms with Crippen molar-refractivity contribution in [3.63, 3.8) is 0 Å². The molecule has 2 heterocycles. The molecule has 2 aromatic rings. The van der Waals surface area contributed by atoms with Gasteiger partial charge in [0, 0.05) is 25.1 Å². The number of anilines is 1. The van der Waals surface area contributed by atoms with Crippen molar-refractivity contribution in [2.75, 3.05) is 11.9 Å². The molecule has 0 bridgehead atoms. The van der Waals surface area contributed by atoms with Crippen molar-refractivity contribution in [2.24, 2.45) is 0 Å². The highest BCUT2D eigenvalue weighted by molar-refractivity contribution is 5.94. The second-order valence-corrected chi connectivity index (χ2v) is 4.14. The number of nitrogens with zero attached hydrogens (tertiary/aromatic N) is 2. The van der Waals surface area contributed by atoms with Crippen LogP contribution in [0.4, 0.5) is 5.69 Å². The van der Waals surface area contributed by atoms with E-state index in [1.54, 1.807) is 24.5 Å². The molecule has 0 spiro atoms. The molecule has 5 nitrogen and oxygen atoms in total. The minimum atomic E-state index is -0.168. The van der Waals surface area contributed by atoms with Crippen molar-refractivity contribution in [1.82, 2.24) is 15.3 Å². The van der Waals surface area contributed by atoms with E-state index in [0.29, 0.717) is 18.7 Å². The molecule has 0 aromatic carbocycles. The normalized spacial score (nSPS) is 9.80. The molecule has 1 amide bonds. The van der Waals surface area contributed by atoms with Gasteiger partial charge < -0.3 is 10.6 Å². The minimum absolute atomic E-state index is 0.168. The third-order valence-electron chi connectivity index (χ3n) is 2.61. The van der Waals surface area contributed by atoms with E-state index in [1.807, 2.05) is 18.2 Å². The molecule has 2 rings (SSSR count). The third kappa shape index (κ3) is 3.91. The summed E-state index contributed by atoms with van der Waals surface area (Å²) >= 11 is 0. The van der Waals surface area contributed by atoms with E-state index < -0.39 is 0 Å². The highest BCUT2D eigenvalue weighted by atomic mass is 16.1. The van der Waals surface area contributed by atoms with Crippen molar-refractivity contribution >= 4 is 11.6 Å². The summed E-state index contributed by atoms with van der Waals surface area (Å²) in [4.78, 5) is 20.1. The Morgan fingerprint density at radius 1 is 1.35 bits per heavy atom. The fourth-order valence-corrected chi connectivity index (χ4v) is 1.62. The maximum absolute atomic E-state index is 11.8. The summed E-state index contributed by atoms with van der Waals surface area (Å²) in [5, 5.41) is 5.90. The topological polar surface area (TPSA) is 66.9 Å². The maximum atomic E-state index is 11.8. The van der Waals surface area contributed by atoms with Gasteiger partial charge in [-0.15, -0.1) is 6.58 Å². The van der Waals surface area contributed by atoms with Gasteiger partial charge in [0.25, 0.3) is 5.91 Å². The predicted octanol–water partition coefficient (Wildman–Crippen LogP) is 2.00. The van der Waals surface area contributed by atoms with E-state index in [4.69, 9.17) is 0 Å². The van der Waals surface area contributed by atoms with Crippen LogP contribution in [0.3, 0.4) is 0 Å². The second kappa shape index (κ2) is 7.04. The van der Waals surface area contributed by atoms with Gasteiger partial charge in [0.15, 0.2) is 0 Å². The molecular weight excluding hydrogens is 252 g/mol. The zero-order valence-corrected chi connectivity index (χ0v) is 11.0. The Hall–Kier alpha value is -2.69. The van der Waals surface area contributed by atoms with E-state index in [2.05, 4.69) is 27.2 Å². The van der Waals surface area contributed by atoms with Crippen LogP contribution >= 0.6 is 0 Å². The van der Waals surface area contributed by atoms with Gasteiger partial charge in [-0.1, -0.05) is 12.1 Å². The largest absolute Gasteiger partial charge is 0.378 e. The number of hydrogen-bond donors (Lipinski definition) is 2. The number of carbonyl (C=O) groups excluding carboxylic acids is 1. The molecule has 20 heavy (non-hydrogen) atoms. The molecule has 0 saturated carbocycles. The fourth-order valence-electron chi connectivity index (χ4n) is 1.62. The number of rotatable bonds is 6. The Morgan fingerprint density at radius 3 is 3.00 bits per heavy atom. The fraction of sp³-hybridized carbons (Fsp3) is 0.133. The lowest BCUT2D eigenvalue weighted by Gasteiger charge is -2.07. The number of nitrogens with one attached hydrogen (secondary N) is 2. The first-order valence-electron chi connectivity index (χ1n) is 6.27. The van der Waals surface area contributed by atoms with Gasteiger partial charge >= 0.3 is 0 Å². The van der Waals surface area contributed by atoms with Gasteiger partial charge in [-0.3, -0.25) is 14.8 Å². The van der Waals surface area contributed by atoms with Crippen LogP contribution in [0.5, 0.6) is 0 Å². The van der Waals surface area contributed by atoms with E-state index in [9.17, 15) is 4.79 Å². The summed E-state index contributed by atoms with van der Waals surface area (Å²) in [5.74, 6) is -0.168. The lowest BCUT2D eigenvalue weighted by molar-refractivity contribution is 0.0957. The number of amides is 1. The Kier molecular flexibility index (Phi) is 4.83. The predicted molar refractivity (Wildman–Crippen MR) is 78.3 cm³/mol. The first-order chi connectivity index (χ1) is 9.79. The third-order valence-corrected chi connectivity index (χ3v) is 2.61. The van der Waals surface area contributed by atoms with Crippen LogP contribution in [0.15, 0.2) is 55.5 Å². The molecule has 0 aliphatic carbocycles. The van der Waals surface area contributed by atoms with Crippen molar-refractivity contribution < 1.29 is 4.79 Å². The monoisotopic (exact) mass is 268 g/mol. The van der Waals surface area contributed by atoms with Gasteiger partial charge in [-0.25, -0.2) is 0 Å². The summed E-state index contributed by atoms with van der Waals surface area (Å²) < 4.78 is 0. The molecule has 2 aromatic heterocycles. The molecule has 0 radical (unpaired) electrons. The Labute approximate surface area is 117 Å². The van der Waals surface area contributed by atoms with Crippen LogP contribution in [0.1, 0.15) is 16.1 Å². The Balaban J connectivity index is 1.99. The minimum Gasteiger partial charge on any atom is -0.378 e. The van der Waals surface area contributed by atoms with Gasteiger partial charge in [-0.05, 0) is 18.2 Å². The van der Waals surface area contributed by atoms with Crippen molar-refractivity contribution in [3.8, 4) is 0 Å². The molecule has 102 valence electrons. The van der Waals surface area contributed by atoms with E-state index in [0.717, 1.165) is 11.4 Å². The standard InChI is InChI=1S/C15H16N4O/c1-2-6-18-15(20)12-8-14(10-16-9-12)19-11-13-5-3-4-7-17-13/h2-5,7-10,19H,1,6,11H2,(H,18,20). The summed E-state index contributed by atoms with van der Waals surface area (Å²) in [7, 11) is 0. The van der Waals surface area contributed by atoms with E-state index >= 15 is 0 Å². The van der Waals surface area contributed by atoms with Crippen molar-refractivity contribution in [2.45, 2.75) is 6.54 Å². The smallest absolute Gasteiger partial charge is 0.253 e. The van der Waals surface area contributed by atoms with E-state index in [1.165, 1.54) is 6.20 Å². The summed E-state index contributed by atoms with van der Waals surface area (Å²) in [6.45, 7) is 4.58. The van der Waals surface area contributed by atoms with Crippen LogP contribution in [-0.4, -0.2) is 22.4 Å². The quantitative estimate of drug-likeness (QED) is 0.786. The van der Waals surface area contributed by atoms with Crippen LogP contribution in [0.2, 0.25) is 0 Å². The average molecular weight is 268 g/mol. The lowest BCUT2D eigenvalue weighted by Crippen LogP contribution is -2.23. The number of pyridine rings is 2. The highest BCUT2D eigenvalue weighted by Gasteiger charge is 2.05. The zero-order valence-electron chi connectivity index (χ0n) is 11.0. The molecule has 0 aliphatic heterocycles. The molecule has 0 fully saturated rings. The number of aromatic nitrogens is 2.